The molecule has 1 amide bonds. The van der Waals surface area contributed by atoms with Crippen LogP contribution >= 0.6 is 11.6 Å². The van der Waals surface area contributed by atoms with E-state index in [0.717, 1.165) is 5.56 Å². The molecule has 0 radical (unpaired) electrons. The van der Waals surface area contributed by atoms with E-state index in [-0.39, 0.29) is 5.91 Å². The molecule has 0 saturated carbocycles. The van der Waals surface area contributed by atoms with Gasteiger partial charge in [-0.25, -0.2) is 4.98 Å². The summed E-state index contributed by atoms with van der Waals surface area (Å²) in [6.07, 6.45) is 0. The average Bonchev–Trinajstić information content (AvgIpc) is 3.12. The molecule has 0 saturated heterocycles. The molecular weight excluding hydrogens is 392 g/mol. The standard InChI is InChI=1S/C22H15ClN2O4/c1-13(26)28-18-9-4-14(5-10-18)21(27)24-17-8-11-19-20(12-17)29-22(25-19)15-2-6-16(23)7-3-15/h2-12H,1H3,(H,24,27). The second-order valence-corrected chi connectivity index (χ2v) is 6.72. The van der Waals surface area contributed by atoms with Gasteiger partial charge in [0.15, 0.2) is 5.58 Å². The van der Waals surface area contributed by atoms with Gasteiger partial charge in [0, 0.05) is 34.8 Å². The van der Waals surface area contributed by atoms with Gasteiger partial charge in [0.05, 0.1) is 0 Å². The first-order valence-electron chi connectivity index (χ1n) is 8.74. The van der Waals surface area contributed by atoms with E-state index >= 15 is 0 Å². The average molecular weight is 407 g/mol. The number of rotatable bonds is 4. The molecule has 0 spiro atoms. The summed E-state index contributed by atoms with van der Waals surface area (Å²) in [6, 6.07) is 18.7. The molecule has 0 unspecified atom stereocenters. The number of amides is 1. The van der Waals surface area contributed by atoms with Crippen LogP contribution < -0.4 is 10.1 Å². The van der Waals surface area contributed by atoms with Crippen molar-refractivity contribution in [2.45, 2.75) is 6.92 Å². The van der Waals surface area contributed by atoms with Gasteiger partial charge in [-0.05, 0) is 60.7 Å². The largest absolute Gasteiger partial charge is 0.436 e. The van der Waals surface area contributed by atoms with Gasteiger partial charge in [0.25, 0.3) is 5.91 Å². The Balaban J connectivity index is 1.52. The lowest BCUT2D eigenvalue weighted by atomic mass is 10.2. The maximum Gasteiger partial charge on any atom is 0.308 e. The maximum absolute atomic E-state index is 12.5. The highest BCUT2D eigenvalue weighted by atomic mass is 35.5. The Kier molecular flexibility index (Phi) is 5.01. The van der Waals surface area contributed by atoms with E-state index in [4.69, 9.17) is 20.8 Å². The minimum Gasteiger partial charge on any atom is -0.436 e. The second-order valence-electron chi connectivity index (χ2n) is 6.28. The lowest BCUT2D eigenvalue weighted by Gasteiger charge is -2.06. The number of benzene rings is 3. The Bertz CT molecular complexity index is 1200. The normalized spacial score (nSPS) is 10.7. The summed E-state index contributed by atoms with van der Waals surface area (Å²) in [5, 5.41) is 3.45. The highest BCUT2D eigenvalue weighted by molar-refractivity contribution is 6.30. The van der Waals surface area contributed by atoms with Crippen LogP contribution in [-0.2, 0) is 4.79 Å². The zero-order chi connectivity index (χ0) is 20.4. The number of nitrogens with zero attached hydrogens (tertiary/aromatic N) is 1. The summed E-state index contributed by atoms with van der Waals surface area (Å²) >= 11 is 5.92. The Hall–Kier alpha value is -3.64. The van der Waals surface area contributed by atoms with Crippen LogP contribution in [0, 0.1) is 0 Å². The molecule has 0 aliphatic rings. The van der Waals surface area contributed by atoms with Crippen LogP contribution in [0.4, 0.5) is 5.69 Å². The summed E-state index contributed by atoms with van der Waals surface area (Å²) in [5.41, 5.74) is 3.05. The van der Waals surface area contributed by atoms with Crippen molar-refractivity contribution < 1.29 is 18.7 Å². The number of aromatic nitrogens is 1. The van der Waals surface area contributed by atoms with Crippen LogP contribution in [0.5, 0.6) is 5.75 Å². The number of halogens is 1. The molecule has 0 atom stereocenters. The van der Waals surface area contributed by atoms with Gasteiger partial charge >= 0.3 is 5.97 Å². The van der Waals surface area contributed by atoms with Crippen LogP contribution in [-0.4, -0.2) is 16.9 Å². The second kappa shape index (κ2) is 7.77. The Morgan fingerprint density at radius 1 is 1.00 bits per heavy atom. The predicted molar refractivity (Wildman–Crippen MR) is 110 cm³/mol. The highest BCUT2D eigenvalue weighted by Gasteiger charge is 2.11. The van der Waals surface area contributed by atoms with Gasteiger partial charge in [0.1, 0.15) is 11.3 Å². The van der Waals surface area contributed by atoms with Crippen LogP contribution in [0.15, 0.2) is 71.1 Å². The third-order valence-electron chi connectivity index (χ3n) is 4.12. The van der Waals surface area contributed by atoms with E-state index in [0.29, 0.717) is 39.0 Å². The minimum atomic E-state index is -0.416. The molecule has 6 nitrogen and oxygen atoms in total. The molecule has 1 aromatic heterocycles. The third-order valence-corrected chi connectivity index (χ3v) is 4.37. The zero-order valence-corrected chi connectivity index (χ0v) is 16.1. The molecule has 0 bridgehead atoms. The number of anilines is 1. The number of hydrogen-bond acceptors (Lipinski definition) is 5. The maximum atomic E-state index is 12.5. The summed E-state index contributed by atoms with van der Waals surface area (Å²) in [7, 11) is 0. The molecule has 1 N–H and O–H groups in total. The molecule has 0 aliphatic heterocycles. The number of nitrogens with one attached hydrogen (secondary N) is 1. The van der Waals surface area contributed by atoms with Gasteiger partial charge < -0.3 is 14.5 Å². The first-order chi connectivity index (χ1) is 14.0. The molecule has 0 aliphatic carbocycles. The molecule has 1 heterocycles. The topological polar surface area (TPSA) is 81.4 Å². The fourth-order valence-electron chi connectivity index (χ4n) is 2.76. The van der Waals surface area contributed by atoms with E-state index in [1.165, 1.54) is 6.92 Å². The monoisotopic (exact) mass is 406 g/mol. The molecule has 4 rings (SSSR count). The number of ether oxygens (including phenoxy) is 1. The van der Waals surface area contributed by atoms with Crippen molar-refractivity contribution in [2.75, 3.05) is 5.32 Å². The van der Waals surface area contributed by atoms with Gasteiger partial charge in [-0.2, -0.15) is 0 Å². The SMILES string of the molecule is CC(=O)Oc1ccc(C(=O)Nc2ccc3nc(-c4ccc(Cl)cc4)oc3c2)cc1. The van der Waals surface area contributed by atoms with E-state index in [9.17, 15) is 9.59 Å². The van der Waals surface area contributed by atoms with Crippen LogP contribution in [0.3, 0.4) is 0 Å². The van der Waals surface area contributed by atoms with E-state index in [1.807, 2.05) is 12.1 Å². The minimum absolute atomic E-state index is 0.295. The molecule has 144 valence electrons. The van der Waals surface area contributed by atoms with Crippen molar-refractivity contribution in [3.8, 4) is 17.2 Å². The molecule has 3 aromatic carbocycles. The summed E-state index contributed by atoms with van der Waals surface area (Å²) < 4.78 is 10.8. The van der Waals surface area contributed by atoms with Gasteiger partial charge in [-0.1, -0.05) is 11.6 Å². The van der Waals surface area contributed by atoms with Gasteiger partial charge in [0.2, 0.25) is 5.89 Å². The molecule has 0 fully saturated rings. The fourth-order valence-corrected chi connectivity index (χ4v) is 2.89. The summed E-state index contributed by atoms with van der Waals surface area (Å²) in [4.78, 5) is 27.9. The predicted octanol–water partition coefficient (Wildman–Crippen LogP) is 5.33. The van der Waals surface area contributed by atoms with Gasteiger partial charge in [-0.3, -0.25) is 9.59 Å². The van der Waals surface area contributed by atoms with Crippen LogP contribution in [0.25, 0.3) is 22.6 Å². The van der Waals surface area contributed by atoms with E-state index in [2.05, 4.69) is 10.3 Å². The van der Waals surface area contributed by atoms with Crippen molar-refractivity contribution in [3.05, 3.63) is 77.3 Å². The van der Waals surface area contributed by atoms with Crippen molar-refractivity contribution >= 4 is 40.3 Å². The smallest absolute Gasteiger partial charge is 0.308 e. The number of esters is 1. The Morgan fingerprint density at radius 3 is 2.41 bits per heavy atom. The molecule has 29 heavy (non-hydrogen) atoms. The highest BCUT2D eigenvalue weighted by Crippen LogP contribution is 2.27. The Morgan fingerprint density at radius 2 is 1.72 bits per heavy atom. The number of oxazole rings is 1. The van der Waals surface area contributed by atoms with E-state index in [1.54, 1.807) is 54.6 Å². The zero-order valence-electron chi connectivity index (χ0n) is 15.3. The number of carbonyl (C=O) groups excluding carboxylic acids is 2. The van der Waals surface area contributed by atoms with Crippen molar-refractivity contribution in [1.82, 2.24) is 4.98 Å². The third kappa shape index (κ3) is 4.28. The molecule has 7 heteroatoms. The fraction of sp³-hybridized carbons (Fsp3) is 0.0455. The molecule has 4 aromatic rings. The van der Waals surface area contributed by atoms with Crippen LogP contribution in [0.2, 0.25) is 5.02 Å². The van der Waals surface area contributed by atoms with Crippen molar-refractivity contribution in [1.29, 1.82) is 0 Å². The summed E-state index contributed by atoms with van der Waals surface area (Å²) in [6.45, 7) is 1.32. The molecular formula is C22H15ClN2O4. The van der Waals surface area contributed by atoms with Crippen molar-refractivity contribution in [2.24, 2.45) is 0 Å². The lowest BCUT2D eigenvalue weighted by molar-refractivity contribution is -0.131. The number of carbonyl (C=O) groups is 2. The van der Waals surface area contributed by atoms with E-state index < -0.39 is 5.97 Å². The Labute approximate surface area is 171 Å². The lowest BCUT2D eigenvalue weighted by Crippen LogP contribution is -2.11. The quantitative estimate of drug-likeness (QED) is 0.366. The first kappa shape index (κ1) is 18.7. The number of fused-ring (bicyclic) bond motifs is 1. The van der Waals surface area contributed by atoms with Gasteiger partial charge in [-0.15, -0.1) is 0 Å². The first-order valence-corrected chi connectivity index (χ1v) is 9.12. The summed E-state index contributed by atoms with van der Waals surface area (Å²) in [5.74, 6) is 0.143. The van der Waals surface area contributed by atoms with Crippen molar-refractivity contribution in [3.63, 3.8) is 0 Å². The number of hydrogen-bond donors (Lipinski definition) is 1. The van der Waals surface area contributed by atoms with Crippen LogP contribution in [0.1, 0.15) is 17.3 Å².